The zero-order valence-corrected chi connectivity index (χ0v) is 16.5. The van der Waals surface area contributed by atoms with Crippen LogP contribution in [0.4, 0.5) is 5.13 Å². The Bertz CT molecular complexity index is 1010. The van der Waals surface area contributed by atoms with Gasteiger partial charge in [0.1, 0.15) is 0 Å². The number of anilines is 1. The number of benzene rings is 2. The fraction of sp³-hybridized carbons (Fsp3) is 0.364. The van der Waals surface area contributed by atoms with E-state index in [1.807, 2.05) is 18.2 Å². The lowest BCUT2D eigenvalue weighted by Gasteiger charge is -2.26. The molecule has 1 aromatic heterocycles. The summed E-state index contributed by atoms with van der Waals surface area (Å²) in [6, 6.07) is 14.4. The Morgan fingerprint density at radius 2 is 2.04 bits per heavy atom. The summed E-state index contributed by atoms with van der Waals surface area (Å²) in [6.07, 6.45) is 3.20. The molecular formula is C22H23N3O2S. The average Bonchev–Trinajstić information content (AvgIpc) is 3.18. The van der Waals surface area contributed by atoms with Crippen molar-refractivity contribution in [1.29, 1.82) is 0 Å². The number of nitrogens with zero attached hydrogens (tertiary/aromatic N) is 2. The summed E-state index contributed by atoms with van der Waals surface area (Å²) >= 11 is 1.65. The summed E-state index contributed by atoms with van der Waals surface area (Å²) < 4.78 is 6.48. The van der Waals surface area contributed by atoms with E-state index in [0.717, 1.165) is 60.9 Å². The molecule has 0 radical (unpaired) electrons. The van der Waals surface area contributed by atoms with Gasteiger partial charge >= 0.3 is 0 Å². The molecule has 1 fully saturated rings. The smallest absolute Gasteiger partial charge is 0.251 e. The highest BCUT2D eigenvalue weighted by Gasteiger charge is 2.22. The molecule has 2 heterocycles. The average molecular weight is 394 g/mol. The normalized spacial score (nSPS) is 19.4. The van der Waals surface area contributed by atoms with Crippen LogP contribution in [0.3, 0.4) is 0 Å². The molecule has 2 aromatic carbocycles. The van der Waals surface area contributed by atoms with Crippen LogP contribution in [0.5, 0.6) is 0 Å². The van der Waals surface area contributed by atoms with Crippen LogP contribution in [0.25, 0.3) is 10.2 Å². The number of amides is 1. The third-order valence-corrected chi connectivity index (χ3v) is 6.67. The van der Waals surface area contributed by atoms with Gasteiger partial charge in [-0.15, -0.1) is 0 Å². The Balaban J connectivity index is 1.36. The lowest BCUT2D eigenvalue weighted by Crippen LogP contribution is -2.36. The fourth-order valence-electron chi connectivity index (χ4n) is 4.09. The molecule has 1 unspecified atom stereocenters. The van der Waals surface area contributed by atoms with Crippen molar-refractivity contribution in [2.24, 2.45) is 0 Å². The first-order chi connectivity index (χ1) is 13.8. The second-order valence-electron chi connectivity index (χ2n) is 7.40. The third-order valence-electron chi connectivity index (χ3n) is 5.60. The van der Waals surface area contributed by atoms with Gasteiger partial charge < -0.3 is 15.0 Å². The molecule has 1 atom stereocenters. The minimum atomic E-state index is -0.00933. The number of aromatic nitrogens is 1. The minimum Gasteiger partial charge on any atom is -0.378 e. The molecule has 28 heavy (non-hydrogen) atoms. The third kappa shape index (κ3) is 3.38. The van der Waals surface area contributed by atoms with Crippen LogP contribution in [0.1, 0.15) is 40.4 Å². The molecule has 3 aromatic rings. The van der Waals surface area contributed by atoms with Gasteiger partial charge in [-0.1, -0.05) is 35.6 Å². The first-order valence-electron chi connectivity index (χ1n) is 9.90. The summed E-state index contributed by atoms with van der Waals surface area (Å²) in [5.74, 6) is -0.00933. The van der Waals surface area contributed by atoms with E-state index >= 15 is 0 Å². The van der Waals surface area contributed by atoms with Crippen molar-refractivity contribution in [1.82, 2.24) is 10.3 Å². The first-order valence-corrected chi connectivity index (χ1v) is 10.7. The lowest BCUT2D eigenvalue weighted by molar-refractivity contribution is 0.0933. The molecule has 5 rings (SSSR count). The maximum absolute atomic E-state index is 12.9. The SMILES string of the molecule is O=C(NC1CCCc2ccccc21)c1ccc2nc(N3CCOCC3)sc2c1. The van der Waals surface area contributed by atoms with Gasteiger partial charge in [0.25, 0.3) is 5.91 Å². The van der Waals surface area contributed by atoms with E-state index in [2.05, 4.69) is 34.5 Å². The number of aryl methyl sites for hydroxylation is 1. The quantitative estimate of drug-likeness (QED) is 0.732. The van der Waals surface area contributed by atoms with Gasteiger partial charge in [-0.2, -0.15) is 0 Å². The van der Waals surface area contributed by atoms with Gasteiger partial charge in [0, 0.05) is 18.7 Å². The van der Waals surface area contributed by atoms with Crippen molar-refractivity contribution >= 4 is 32.6 Å². The van der Waals surface area contributed by atoms with Crippen molar-refractivity contribution in [3.8, 4) is 0 Å². The number of rotatable bonds is 3. The van der Waals surface area contributed by atoms with E-state index in [4.69, 9.17) is 9.72 Å². The molecule has 1 aliphatic heterocycles. The minimum absolute atomic E-state index is 0.00933. The highest BCUT2D eigenvalue weighted by molar-refractivity contribution is 7.22. The molecule has 0 spiro atoms. The summed E-state index contributed by atoms with van der Waals surface area (Å²) in [7, 11) is 0. The Kier molecular flexibility index (Phi) is 4.74. The number of carbonyl (C=O) groups excluding carboxylic acids is 1. The van der Waals surface area contributed by atoms with E-state index in [9.17, 15) is 4.79 Å². The maximum atomic E-state index is 12.9. The molecular weight excluding hydrogens is 370 g/mol. The number of fused-ring (bicyclic) bond motifs is 2. The molecule has 2 aliphatic rings. The van der Waals surface area contributed by atoms with E-state index in [-0.39, 0.29) is 11.9 Å². The van der Waals surface area contributed by atoms with Crippen LogP contribution in [-0.2, 0) is 11.2 Å². The van der Waals surface area contributed by atoms with Crippen LogP contribution in [-0.4, -0.2) is 37.2 Å². The van der Waals surface area contributed by atoms with Gasteiger partial charge in [0.15, 0.2) is 5.13 Å². The van der Waals surface area contributed by atoms with E-state index < -0.39 is 0 Å². The van der Waals surface area contributed by atoms with Crippen LogP contribution in [0, 0.1) is 0 Å². The Morgan fingerprint density at radius 3 is 2.93 bits per heavy atom. The zero-order valence-electron chi connectivity index (χ0n) is 15.7. The largest absolute Gasteiger partial charge is 0.378 e. The van der Waals surface area contributed by atoms with E-state index in [0.29, 0.717) is 5.56 Å². The zero-order chi connectivity index (χ0) is 18.9. The highest BCUT2D eigenvalue weighted by Crippen LogP contribution is 2.32. The van der Waals surface area contributed by atoms with Gasteiger partial charge in [0.2, 0.25) is 0 Å². The molecule has 6 heteroatoms. The number of nitrogens with one attached hydrogen (secondary N) is 1. The summed E-state index contributed by atoms with van der Waals surface area (Å²) in [4.78, 5) is 19.9. The monoisotopic (exact) mass is 393 g/mol. The van der Waals surface area contributed by atoms with Crippen molar-refractivity contribution in [2.45, 2.75) is 25.3 Å². The number of thiazole rings is 1. The second kappa shape index (κ2) is 7.53. The van der Waals surface area contributed by atoms with Crippen LogP contribution in [0.2, 0.25) is 0 Å². The van der Waals surface area contributed by atoms with Crippen molar-refractivity contribution in [2.75, 3.05) is 31.2 Å². The Morgan fingerprint density at radius 1 is 1.18 bits per heavy atom. The molecule has 1 N–H and O–H groups in total. The fourth-order valence-corrected chi connectivity index (χ4v) is 5.15. The molecule has 1 amide bonds. The summed E-state index contributed by atoms with van der Waals surface area (Å²) in [6.45, 7) is 3.22. The number of morpholine rings is 1. The van der Waals surface area contributed by atoms with Crippen molar-refractivity contribution < 1.29 is 9.53 Å². The number of hydrogen-bond acceptors (Lipinski definition) is 5. The lowest BCUT2D eigenvalue weighted by atomic mass is 9.87. The number of carbonyl (C=O) groups is 1. The van der Waals surface area contributed by atoms with Crippen LogP contribution < -0.4 is 10.2 Å². The van der Waals surface area contributed by atoms with Crippen LogP contribution in [0.15, 0.2) is 42.5 Å². The van der Waals surface area contributed by atoms with Crippen molar-refractivity contribution in [3.05, 3.63) is 59.2 Å². The topological polar surface area (TPSA) is 54.5 Å². The Labute approximate surface area is 168 Å². The molecule has 0 bridgehead atoms. The predicted octanol–water partition coefficient (Wildman–Crippen LogP) is 3.94. The number of hydrogen-bond donors (Lipinski definition) is 1. The van der Waals surface area contributed by atoms with Crippen molar-refractivity contribution in [3.63, 3.8) is 0 Å². The first kappa shape index (κ1) is 17.6. The van der Waals surface area contributed by atoms with E-state index in [1.165, 1.54) is 11.1 Å². The summed E-state index contributed by atoms with van der Waals surface area (Å²) in [5, 5.41) is 4.26. The van der Waals surface area contributed by atoms with Crippen LogP contribution >= 0.6 is 11.3 Å². The molecule has 1 saturated heterocycles. The van der Waals surface area contributed by atoms with Gasteiger partial charge in [-0.3, -0.25) is 4.79 Å². The maximum Gasteiger partial charge on any atom is 0.251 e. The summed E-state index contributed by atoms with van der Waals surface area (Å²) in [5.41, 5.74) is 4.27. The second-order valence-corrected chi connectivity index (χ2v) is 8.40. The Hall–Kier alpha value is -2.44. The van der Waals surface area contributed by atoms with E-state index in [1.54, 1.807) is 11.3 Å². The van der Waals surface area contributed by atoms with Gasteiger partial charge in [0.05, 0.1) is 29.5 Å². The van der Waals surface area contributed by atoms with Gasteiger partial charge in [-0.25, -0.2) is 4.98 Å². The molecule has 5 nitrogen and oxygen atoms in total. The molecule has 0 saturated carbocycles. The predicted molar refractivity (Wildman–Crippen MR) is 112 cm³/mol. The van der Waals surface area contributed by atoms with Gasteiger partial charge in [-0.05, 0) is 48.6 Å². The molecule has 1 aliphatic carbocycles. The number of ether oxygens (including phenoxy) is 1. The highest BCUT2D eigenvalue weighted by atomic mass is 32.1. The molecule has 144 valence electrons. The standard InChI is InChI=1S/C22H23N3O2S/c26-21(23-18-7-3-5-15-4-1-2-6-17(15)18)16-8-9-19-20(14-16)28-22(24-19)25-10-12-27-13-11-25/h1-2,4,6,8-9,14,18H,3,5,7,10-13H2,(H,23,26).